The number of carboxylic acid groups (broad SMARTS) is 1. The van der Waals surface area contributed by atoms with Crippen molar-refractivity contribution in [1.82, 2.24) is 9.97 Å². The van der Waals surface area contributed by atoms with Gasteiger partial charge in [0.25, 0.3) is 0 Å². The lowest BCUT2D eigenvalue weighted by Gasteiger charge is -2.06. The molecule has 0 fully saturated rings. The number of benzene rings is 1. The highest BCUT2D eigenvalue weighted by atomic mass is 16.4. The second-order valence-electron chi connectivity index (χ2n) is 3.93. The number of aromatic nitrogens is 2. The second kappa shape index (κ2) is 3.89. The highest BCUT2D eigenvalue weighted by Gasteiger charge is 2.11. The van der Waals surface area contributed by atoms with Crippen LogP contribution in [0.1, 0.15) is 35.9 Å². The molecule has 16 heavy (non-hydrogen) atoms. The monoisotopic (exact) mass is 216 g/mol. The zero-order chi connectivity index (χ0) is 11.7. The molecule has 2 aromatic rings. The van der Waals surface area contributed by atoms with E-state index in [1.807, 2.05) is 19.9 Å². The van der Waals surface area contributed by atoms with E-state index in [1.54, 1.807) is 18.3 Å². The van der Waals surface area contributed by atoms with Gasteiger partial charge in [0.05, 0.1) is 11.1 Å². The summed E-state index contributed by atoms with van der Waals surface area (Å²) in [4.78, 5) is 19.5. The van der Waals surface area contributed by atoms with Crippen molar-refractivity contribution in [2.24, 2.45) is 0 Å². The Morgan fingerprint density at radius 1 is 1.38 bits per heavy atom. The zero-order valence-corrected chi connectivity index (χ0v) is 9.14. The van der Waals surface area contributed by atoms with Crippen molar-refractivity contribution in [3.05, 3.63) is 35.8 Å². The van der Waals surface area contributed by atoms with E-state index in [-0.39, 0.29) is 11.5 Å². The Bertz CT molecular complexity index is 550. The molecule has 0 aliphatic rings. The van der Waals surface area contributed by atoms with Crippen molar-refractivity contribution in [3.63, 3.8) is 0 Å². The fourth-order valence-electron chi connectivity index (χ4n) is 1.52. The lowest BCUT2D eigenvalue weighted by molar-refractivity contribution is 0.0699. The Balaban J connectivity index is 2.73. The maximum atomic E-state index is 11.0. The number of carbonyl (C=O) groups is 1. The third-order valence-corrected chi connectivity index (χ3v) is 2.38. The van der Waals surface area contributed by atoms with E-state index in [9.17, 15) is 4.79 Å². The van der Waals surface area contributed by atoms with E-state index in [0.717, 1.165) is 5.39 Å². The molecule has 0 radical (unpaired) electrons. The lowest BCUT2D eigenvalue weighted by atomic mass is 10.1. The average molecular weight is 216 g/mol. The molecule has 1 N–H and O–H groups in total. The van der Waals surface area contributed by atoms with E-state index < -0.39 is 5.97 Å². The van der Waals surface area contributed by atoms with Crippen molar-refractivity contribution in [2.45, 2.75) is 19.8 Å². The Kier molecular flexibility index (Phi) is 2.56. The van der Waals surface area contributed by atoms with Crippen LogP contribution in [0.25, 0.3) is 10.9 Å². The maximum absolute atomic E-state index is 11.0. The van der Waals surface area contributed by atoms with E-state index >= 15 is 0 Å². The zero-order valence-electron chi connectivity index (χ0n) is 9.14. The Hall–Kier alpha value is -1.97. The van der Waals surface area contributed by atoms with Gasteiger partial charge in [-0.1, -0.05) is 26.0 Å². The van der Waals surface area contributed by atoms with Gasteiger partial charge in [0.15, 0.2) is 0 Å². The molecule has 82 valence electrons. The van der Waals surface area contributed by atoms with E-state index in [2.05, 4.69) is 9.97 Å². The van der Waals surface area contributed by atoms with Gasteiger partial charge >= 0.3 is 5.97 Å². The normalized spacial score (nSPS) is 10.9. The summed E-state index contributed by atoms with van der Waals surface area (Å²) in [7, 11) is 0. The van der Waals surface area contributed by atoms with E-state index in [1.165, 1.54) is 0 Å². The van der Waals surface area contributed by atoms with Gasteiger partial charge in [0.1, 0.15) is 5.82 Å². The van der Waals surface area contributed by atoms with Gasteiger partial charge in [0, 0.05) is 17.5 Å². The van der Waals surface area contributed by atoms with Crippen LogP contribution < -0.4 is 0 Å². The third kappa shape index (κ3) is 1.74. The van der Waals surface area contributed by atoms with Crippen molar-refractivity contribution >= 4 is 16.9 Å². The number of nitrogens with zero attached hydrogens (tertiary/aromatic N) is 2. The SMILES string of the molecule is CC(C)c1ncc2cccc(C(=O)O)c2n1. The molecule has 0 saturated carbocycles. The van der Waals surface area contributed by atoms with Crippen LogP contribution in [0.5, 0.6) is 0 Å². The first-order valence-electron chi connectivity index (χ1n) is 5.08. The number of rotatable bonds is 2. The maximum Gasteiger partial charge on any atom is 0.337 e. The lowest BCUT2D eigenvalue weighted by Crippen LogP contribution is -2.03. The number of hydrogen-bond acceptors (Lipinski definition) is 3. The van der Waals surface area contributed by atoms with Crippen LogP contribution in [0.15, 0.2) is 24.4 Å². The first kappa shape index (κ1) is 10.5. The molecule has 0 aliphatic heterocycles. The van der Waals surface area contributed by atoms with Crippen LogP contribution in [0, 0.1) is 0 Å². The quantitative estimate of drug-likeness (QED) is 0.837. The third-order valence-electron chi connectivity index (χ3n) is 2.38. The summed E-state index contributed by atoms with van der Waals surface area (Å²) in [6.07, 6.45) is 1.67. The molecule has 0 amide bonds. The summed E-state index contributed by atoms with van der Waals surface area (Å²) >= 11 is 0. The number of hydrogen-bond donors (Lipinski definition) is 1. The first-order chi connectivity index (χ1) is 7.59. The molecule has 1 aromatic carbocycles. The summed E-state index contributed by atoms with van der Waals surface area (Å²) in [5.74, 6) is -0.105. The van der Waals surface area contributed by atoms with Gasteiger partial charge in [-0.25, -0.2) is 14.8 Å². The summed E-state index contributed by atoms with van der Waals surface area (Å²) in [6, 6.07) is 5.07. The molecular weight excluding hydrogens is 204 g/mol. The minimum Gasteiger partial charge on any atom is -0.478 e. The molecule has 0 aliphatic carbocycles. The van der Waals surface area contributed by atoms with E-state index in [4.69, 9.17) is 5.11 Å². The molecular formula is C12H12N2O2. The van der Waals surface area contributed by atoms with Crippen molar-refractivity contribution in [1.29, 1.82) is 0 Å². The molecule has 2 rings (SSSR count). The minimum atomic E-state index is -0.959. The Morgan fingerprint density at radius 3 is 2.75 bits per heavy atom. The van der Waals surface area contributed by atoms with Gasteiger partial charge in [-0.2, -0.15) is 0 Å². The summed E-state index contributed by atoms with van der Waals surface area (Å²) < 4.78 is 0. The first-order valence-corrected chi connectivity index (χ1v) is 5.08. The molecule has 0 spiro atoms. The molecule has 4 nitrogen and oxygen atoms in total. The minimum absolute atomic E-state index is 0.186. The van der Waals surface area contributed by atoms with Crippen molar-refractivity contribution in [2.75, 3.05) is 0 Å². The van der Waals surface area contributed by atoms with Crippen molar-refractivity contribution < 1.29 is 9.90 Å². The summed E-state index contributed by atoms with van der Waals surface area (Å²) in [5.41, 5.74) is 0.732. The van der Waals surface area contributed by atoms with Gasteiger partial charge in [-0.05, 0) is 6.07 Å². The predicted molar refractivity (Wildman–Crippen MR) is 60.6 cm³/mol. The molecule has 0 bridgehead atoms. The fourth-order valence-corrected chi connectivity index (χ4v) is 1.52. The van der Waals surface area contributed by atoms with Crippen LogP contribution in [-0.2, 0) is 0 Å². The van der Waals surface area contributed by atoms with Crippen LogP contribution in [0.4, 0.5) is 0 Å². The molecule has 0 atom stereocenters. The molecule has 0 saturated heterocycles. The van der Waals surface area contributed by atoms with E-state index in [0.29, 0.717) is 11.3 Å². The largest absolute Gasteiger partial charge is 0.478 e. The smallest absolute Gasteiger partial charge is 0.337 e. The molecule has 1 aromatic heterocycles. The number of para-hydroxylation sites is 1. The van der Waals surface area contributed by atoms with Crippen LogP contribution in [0.2, 0.25) is 0 Å². The highest BCUT2D eigenvalue weighted by molar-refractivity contribution is 6.01. The second-order valence-corrected chi connectivity index (χ2v) is 3.93. The van der Waals surface area contributed by atoms with Crippen LogP contribution >= 0.6 is 0 Å². The Morgan fingerprint density at radius 2 is 2.12 bits per heavy atom. The predicted octanol–water partition coefficient (Wildman–Crippen LogP) is 2.45. The highest BCUT2D eigenvalue weighted by Crippen LogP contribution is 2.18. The standard InChI is InChI=1S/C12H12N2O2/c1-7(2)11-13-6-8-4-3-5-9(12(15)16)10(8)14-11/h3-7H,1-2H3,(H,15,16). The fraction of sp³-hybridized carbons (Fsp3) is 0.250. The Labute approximate surface area is 93.0 Å². The average Bonchev–Trinajstić information content (AvgIpc) is 2.27. The number of carboxylic acids is 1. The molecule has 1 heterocycles. The van der Waals surface area contributed by atoms with Gasteiger partial charge in [0.2, 0.25) is 0 Å². The van der Waals surface area contributed by atoms with Gasteiger partial charge in [-0.3, -0.25) is 0 Å². The van der Waals surface area contributed by atoms with Crippen LogP contribution in [0.3, 0.4) is 0 Å². The van der Waals surface area contributed by atoms with Gasteiger partial charge < -0.3 is 5.11 Å². The summed E-state index contributed by atoms with van der Waals surface area (Å²) in [5, 5.41) is 9.81. The number of aromatic carboxylic acids is 1. The molecule has 4 heteroatoms. The van der Waals surface area contributed by atoms with Gasteiger partial charge in [-0.15, -0.1) is 0 Å². The van der Waals surface area contributed by atoms with Crippen molar-refractivity contribution in [3.8, 4) is 0 Å². The number of fused-ring (bicyclic) bond motifs is 1. The summed E-state index contributed by atoms with van der Waals surface area (Å²) in [6.45, 7) is 3.95. The van der Waals surface area contributed by atoms with Crippen LogP contribution in [-0.4, -0.2) is 21.0 Å². The molecule has 0 unspecified atom stereocenters. The topological polar surface area (TPSA) is 63.1 Å².